The number of benzene rings is 2. The second-order valence-electron chi connectivity index (χ2n) is 6.76. The normalized spacial score (nSPS) is 24.6. The lowest BCUT2D eigenvalue weighted by atomic mass is 10.0. The van der Waals surface area contributed by atoms with Crippen LogP contribution in [0.4, 0.5) is 4.79 Å². The van der Waals surface area contributed by atoms with E-state index < -0.39 is 0 Å². The van der Waals surface area contributed by atoms with Crippen LogP contribution < -0.4 is 10.6 Å². The van der Waals surface area contributed by atoms with Crippen LogP contribution in [0.2, 0.25) is 0 Å². The van der Waals surface area contributed by atoms with E-state index in [0.29, 0.717) is 24.3 Å². The molecule has 1 saturated carbocycles. The Hall–Kier alpha value is -2.33. The zero-order chi connectivity index (χ0) is 16.5. The minimum atomic E-state index is -0.370. The predicted molar refractivity (Wildman–Crippen MR) is 92.7 cm³/mol. The maximum absolute atomic E-state index is 12.1. The molecule has 2 aliphatic carbocycles. The van der Waals surface area contributed by atoms with Gasteiger partial charge in [-0.05, 0) is 40.9 Å². The summed E-state index contributed by atoms with van der Waals surface area (Å²) in [7, 11) is 0. The number of aliphatic hydroxyl groups excluding tert-OH is 1. The van der Waals surface area contributed by atoms with Gasteiger partial charge in [0, 0.05) is 6.54 Å². The first kappa shape index (κ1) is 15.2. The summed E-state index contributed by atoms with van der Waals surface area (Å²) in [5.41, 5.74) is 3.84. The Labute approximate surface area is 141 Å². The van der Waals surface area contributed by atoms with E-state index in [1.807, 2.05) is 30.3 Å². The van der Waals surface area contributed by atoms with Crippen LogP contribution in [-0.4, -0.2) is 24.3 Å². The Balaban J connectivity index is 1.29. The molecule has 0 heterocycles. The van der Waals surface area contributed by atoms with Crippen molar-refractivity contribution in [2.45, 2.75) is 18.4 Å². The molecule has 2 aromatic rings. The highest BCUT2D eigenvalue weighted by Crippen LogP contribution is 2.60. The number of aliphatic hydroxyl groups is 1. The molecule has 0 aliphatic heterocycles. The molecule has 0 radical (unpaired) electrons. The maximum Gasteiger partial charge on any atom is 0.315 e. The highest BCUT2D eigenvalue weighted by Gasteiger charge is 2.54. The van der Waals surface area contributed by atoms with Crippen LogP contribution in [0.1, 0.15) is 28.7 Å². The molecule has 3 N–H and O–H groups in total. The quantitative estimate of drug-likeness (QED) is 0.792. The van der Waals surface area contributed by atoms with E-state index in [0.717, 1.165) is 12.0 Å². The predicted octanol–water partition coefficient (Wildman–Crippen LogP) is 2.61. The lowest BCUT2D eigenvalue weighted by Crippen LogP contribution is -2.40. The van der Waals surface area contributed by atoms with Crippen molar-refractivity contribution < 1.29 is 9.90 Å². The SMILES string of the molecule is O=C(NC[C@@H]1[C@H]2Cc3ccccc3[C@H]12)N[C@H](CO)c1ccccc1. The summed E-state index contributed by atoms with van der Waals surface area (Å²) < 4.78 is 0. The smallest absolute Gasteiger partial charge is 0.315 e. The summed E-state index contributed by atoms with van der Waals surface area (Å²) in [6.07, 6.45) is 1.14. The van der Waals surface area contributed by atoms with Crippen molar-refractivity contribution in [3.8, 4) is 0 Å². The monoisotopic (exact) mass is 322 g/mol. The first-order chi connectivity index (χ1) is 11.8. The van der Waals surface area contributed by atoms with Gasteiger partial charge in [0.2, 0.25) is 0 Å². The maximum atomic E-state index is 12.1. The van der Waals surface area contributed by atoms with Gasteiger partial charge in [0.25, 0.3) is 0 Å². The van der Waals surface area contributed by atoms with E-state index in [1.165, 1.54) is 11.1 Å². The molecule has 1 fully saturated rings. The lowest BCUT2D eigenvalue weighted by Gasteiger charge is -2.17. The number of fused-ring (bicyclic) bond motifs is 3. The van der Waals surface area contributed by atoms with E-state index in [9.17, 15) is 9.90 Å². The fourth-order valence-electron chi connectivity index (χ4n) is 4.10. The largest absolute Gasteiger partial charge is 0.394 e. The first-order valence-corrected chi connectivity index (χ1v) is 8.56. The van der Waals surface area contributed by atoms with Crippen LogP contribution in [0.25, 0.3) is 0 Å². The van der Waals surface area contributed by atoms with E-state index in [4.69, 9.17) is 0 Å². The molecule has 0 spiro atoms. The summed E-state index contributed by atoms with van der Waals surface area (Å²) in [5, 5.41) is 15.3. The van der Waals surface area contributed by atoms with Crippen molar-refractivity contribution in [3.05, 3.63) is 71.3 Å². The van der Waals surface area contributed by atoms with Crippen molar-refractivity contribution in [1.82, 2.24) is 10.6 Å². The standard InChI is InChI=1S/C20H22N2O2/c23-12-18(13-6-2-1-3-7-13)22-20(24)21-11-17-16-10-14-8-4-5-9-15(14)19(16)17/h1-9,16-19,23H,10-12H2,(H2,21,22,24)/t16-,17-,18-,19+/m1/s1. The highest BCUT2D eigenvalue weighted by molar-refractivity contribution is 5.74. The van der Waals surface area contributed by atoms with E-state index in [1.54, 1.807) is 0 Å². The molecule has 2 amide bonds. The molecule has 2 aliphatic rings. The summed E-state index contributed by atoms with van der Waals surface area (Å²) in [4.78, 5) is 12.1. The van der Waals surface area contributed by atoms with Crippen molar-refractivity contribution in [2.24, 2.45) is 11.8 Å². The third-order valence-electron chi connectivity index (χ3n) is 5.39. The number of carbonyl (C=O) groups excluding carboxylic acids is 1. The molecule has 0 aromatic heterocycles. The molecule has 4 heteroatoms. The average molecular weight is 322 g/mol. The first-order valence-electron chi connectivity index (χ1n) is 8.56. The third-order valence-corrected chi connectivity index (χ3v) is 5.39. The topological polar surface area (TPSA) is 61.4 Å². The molecule has 24 heavy (non-hydrogen) atoms. The van der Waals surface area contributed by atoms with Gasteiger partial charge in [0.15, 0.2) is 0 Å². The van der Waals surface area contributed by atoms with Gasteiger partial charge in [-0.25, -0.2) is 4.79 Å². The van der Waals surface area contributed by atoms with Gasteiger partial charge in [-0.1, -0.05) is 54.6 Å². The molecule has 0 bridgehead atoms. The van der Waals surface area contributed by atoms with E-state index in [2.05, 4.69) is 34.9 Å². The van der Waals surface area contributed by atoms with Gasteiger partial charge in [-0.15, -0.1) is 0 Å². The summed E-state index contributed by atoms with van der Waals surface area (Å²) in [6.45, 7) is 0.585. The number of hydrogen-bond donors (Lipinski definition) is 3. The zero-order valence-corrected chi connectivity index (χ0v) is 13.5. The molecule has 4 nitrogen and oxygen atoms in total. The fourth-order valence-corrected chi connectivity index (χ4v) is 4.10. The van der Waals surface area contributed by atoms with E-state index in [-0.39, 0.29) is 18.7 Å². The molecular weight excluding hydrogens is 300 g/mol. The van der Waals surface area contributed by atoms with Crippen molar-refractivity contribution in [1.29, 1.82) is 0 Å². The Kier molecular flexibility index (Phi) is 3.98. The second-order valence-corrected chi connectivity index (χ2v) is 6.76. The molecule has 124 valence electrons. The minimum absolute atomic E-state index is 0.112. The number of urea groups is 1. The van der Waals surface area contributed by atoms with Crippen molar-refractivity contribution >= 4 is 6.03 Å². The lowest BCUT2D eigenvalue weighted by molar-refractivity contribution is 0.216. The second kappa shape index (κ2) is 6.29. The number of hydrogen-bond acceptors (Lipinski definition) is 2. The van der Waals surface area contributed by atoms with Crippen LogP contribution in [0.15, 0.2) is 54.6 Å². The Bertz CT molecular complexity index is 731. The van der Waals surface area contributed by atoms with Crippen LogP contribution in [0.5, 0.6) is 0 Å². The fraction of sp³-hybridized carbons (Fsp3) is 0.350. The van der Waals surface area contributed by atoms with Crippen molar-refractivity contribution in [3.63, 3.8) is 0 Å². The van der Waals surface area contributed by atoms with Gasteiger partial charge in [-0.2, -0.15) is 0 Å². The molecule has 4 atom stereocenters. The summed E-state index contributed by atoms with van der Waals surface area (Å²) in [5.74, 6) is 1.85. The average Bonchev–Trinajstić information content (AvgIpc) is 3.17. The van der Waals surface area contributed by atoms with Gasteiger partial charge < -0.3 is 15.7 Å². The molecule has 4 rings (SSSR count). The van der Waals surface area contributed by atoms with Crippen LogP contribution >= 0.6 is 0 Å². The van der Waals surface area contributed by atoms with Crippen molar-refractivity contribution in [2.75, 3.05) is 13.2 Å². The van der Waals surface area contributed by atoms with Gasteiger partial charge in [0.05, 0.1) is 12.6 Å². The summed E-state index contributed by atoms with van der Waals surface area (Å²) in [6, 6.07) is 17.6. The number of nitrogens with one attached hydrogen (secondary N) is 2. The third kappa shape index (κ3) is 2.78. The Morgan fingerprint density at radius 1 is 1.12 bits per heavy atom. The van der Waals surface area contributed by atoms with Gasteiger partial charge >= 0.3 is 6.03 Å². The molecule has 0 saturated heterocycles. The van der Waals surface area contributed by atoms with Crippen LogP contribution in [-0.2, 0) is 6.42 Å². The number of rotatable bonds is 5. The molecule has 2 aromatic carbocycles. The Morgan fingerprint density at radius 2 is 1.88 bits per heavy atom. The van der Waals surface area contributed by atoms with E-state index >= 15 is 0 Å². The van der Waals surface area contributed by atoms with Gasteiger partial charge in [-0.3, -0.25) is 0 Å². The Morgan fingerprint density at radius 3 is 2.67 bits per heavy atom. The zero-order valence-electron chi connectivity index (χ0n) is 13.5. The minimum Gasteiger partial charge on any atom is -0.394 e. The van der Waals surface area contributed by atoms with Gasteiger partial charge in [0.1, 0.15) is 0 Å². The highest BCUT2D eigenvalue weighted by atomic mass is 16.3. The summed E-state index contributed by atoms with van der Waals surface area (Å²) >= 11 is 0. The number of amides is 2. The van der Waals surface area contributed by atoms with Crippen LogP contribution in [0, 0.1) is 11.8 Å². The van der Waals surface area contributed by atoms with Crippen LogP contribution in [0.3, 0.4) is 0 Å². The molecule has 0 unspecified atom stereocenters. The number of carbonyl (C=O) groups is 1. The molecular formula is C20H22N2O2.